The van der Waals surface area contributed by atoms with E-state index in [2.05, 4.69) is 11.9 Å². The van der Waals surface area contributed by atoms with Crippen molar-refractivity contribution >= 4 is 16.9 Å². The highest BCUT2D eigenvalue weighted by Crippen LogP contribution is 2.31. The van der Waals surface area contributed by atoms with Crippen LogP contribution >= 0.6 is 0 Å². The number of benzene rings is 1. The van der Waals surface area contributed by atoms with E-state index in [0.29, 0.717) is 17.5 Å². The van der Waals surface area contributed by atoms with Gasteiger partial charge in [-0.2, -0.15) is 0 Å². The Morgan fingerprint density at radius 1 is 1.17 bits per heavy atom. The largest absolute Gasteiger partial charge is 0.338 e. The number of nitrogens with zero attached hydrogens (tertiary/aromatic N) is 2. The lowest BCUT2D eigenvalue weighted by Crippen LogP contribution is -2.39. The number of piperidine rings is 1. The van der Waals surface area contributed by atoms with Crippen LogP contribution in [0, 0.1) is 5.92 Å². The van der Waals surface area contributed by atoms with Crippen LogP contribution in [0.1, 0.15) is 61.8 Å². The highest BCUT2D eigenvalue weighted by molar-refractivity contribution is 5.97. The van der Waals surface area contributed by atoms with E-state index in [1.807, 2.05) is 27.7 Å². The van der Waals surface area contributed by atoms with Crippen molar-refractivity contribution in [1.29, 1.82) is 0 Å². The number of fused-ring (bicyclic) bond motifs is 1. The number of likely N-dealkylation sites (tertiary alicyclic amines) is 1. The SMILES string of the molecule is CC1CCCN(C(=O)c2ccc3c(c2)[nH]c(=O)n3C2CCCC2)C1. The molecule has 5 heteroatoms. The second-order valence-electron chi connectivity index (χ2n) is 7.47. The molecule has 1 aromatic heterocycles. The van der Waals surface area contributed by atoms with E-state index in [9.17, 15) is 9.59 Å². The summed E-state index contributed by atoms with van der Waals surface area (Å²) in [6, 6.07) is 5.97. The summed E-state index contributed by atoms with van der Waals surface area (Å²) in [5.41, 5.74) is 2.34. The van der Waals surface area contributed by atoms with Crippen LogP contribution in [-0.2, 0) is 0 Å². The highest BCUT2D eigenvalue weighted by atomic mass is 16.2. The Bertz CT molecular complexity index is 814. The van der Waals surface area contributed by atoms with E-state index in [4.69, 9.17) is 0 Å². The maximum absolute atomic E-state index is 12.8. The second-order valence-corrected chi connectivity index (χ2v) is 7.47. The molecule has 1 unspecified atom stereocenters. The molecule has 0 bridgehead atoms. The molecule has 2 aliphatic rings. The van der Waals surface area contributed by atoms with Crippen LogP contribution in [0.15, 0.2) is 23.0 Å². The van der Waals surface area contributed by atoms with Crippen molar-refractivity contribution in [2.75, 3.05) is 13.1 Å². The van der Waals surface area contributed by atoms with Gasteiger partial charge < -0.3 is 9.88 Å². The predicted molar refractivity (Wildman–Crippen MR) is 94.4 cm³/mol. The number of nitrogens with one attached hydrogen (secondary N) is 1. The van der Waals surface area contributed by atoms with Crippen LogP contribution in [0.4, 0.5) is 0 Å². The molecule has 1 atom stereocenters. The first-order valence-corrected chi connectivity index (χ1v) is 9.17. The Morgan fingerprint density at radius 3 is 2.71 bits per heavy atom. The van der Waals surface area contributed by atoms with Gasteiger partial charge in [0, 0.05) is 24.7 Å². The molecular weight excluding hydrogens is 302 g/mol. The van der Waals surface area contributed by atoms with Crippen molar-refractivity contribution < 1.29 is 4.79 Å². The van der Waals surface area contributed by atoms with Crippen molar-refractivity contribution in [1.82, 2.24) is 14.5 Å². The standard InChI is InChI=1S/C19H25N3O2/c1-13-5-4-10-21(12-13)18(23)14-8-9-17-16(11-14)20-19(24)22(17)15-6-2-3-7-15/h8-9,11,13,15H,2-7,10,12H2,1H3,(H,20,24). The maximum atomic E-state index is 12.8. The normalized spacial score (nSPS) is 22.4. The zero-order valence-electron chi connectivity index (χ0n) is 14.3. The van der Waals surface area contributed by atoms with Crippen molar-refractivity contribution in [2.24, 2.45) is 5.92 Å². The van der Waals surface area contributed by atoms with Crippen molar-refractivity contribution in [3.63, 3.8) is 0 Å². The minimum absolute atomic E-state index is 0.0481. The Kier molecular flexibility index (Phi) is 3.94. The molecule has 4 rings (SSSR count). The molecular formula is C19H25N3O2. The molecule has 0 spiro atoms. The summed E-state index contributed by atoms with van der Waals surface area (Å²) in [5.74, 6) is 0.646. The number of imidazole rings is 1. The Labute approximate surface area is 141 Å². The van der Waals surface area contributed by atoms with Gasteiger partial charge in [0.05, 0.1) is 11.0 Å². The topological polar surface area (TPSA) is 58.1 Å². The first-order valence-electron chi connectivity index (χ1n) is 9.17. The van der Waals surface area contributed by atoms with Crippen LogP contribution < -0.4 is 5.69 Å². The molecule has 1 saturated carbocycles. The predicted octanol–water partition coefficient (Wildman–Crippen LogP) is 3.32. The summed E-state index contributed by atoms with van der Waals surface area (Å²) >= 11 is 0. The van der Waals surface area contributed by atoms with E-state index < -0.39 is 0 Å². The molecule has 1 aromatic carbocycles. The molecule has 5 nitrogen and oxygen atoms in total. The molecule has 128 valence electrons. The van der Waals surface area contributed by atoms with Gasteiger partial charge in [-0.25, -0.2) is 4.79 Å². The van der Waals surface area contributed by atoms with Gasteiger partial charge in [-0.3, -0.25) is 9.36 Å². The fourth-order valence-electron chi connectivity index (χ4n) is 4.35. The molecule has 2 heterocycles. The summed E-state index contributed by atoms with van der Waals surface area (Å²) < 4.78 is 1.89. The van der Waals surface area contributed by atoms with Gasteiger partial charge in [0.15, 0.2) is 0 Å². The zero-order chi connectivity index (χ0) is 16.7. The van der Waals surface area contributed by atoms with E-state index in [1.165, 1.54) is 19.3 Å². The highest BCUT2D eigenvalue weighted by Gasteiger charge is 2.24. The minimum Gasteiger partial charge on any atom is -0.338 e. The quantitative estimate of drug-likeness (QED) is 0.920. The first kappa shape index (κ1) is 15.5. The molecule has 0 radical (unpaired) electrons. The molecule has 1 amide bonds. The third-order valence-electron chi connectivity index (χ3n) is 5.60. The third kappa shape index (κ3) is 2.66. The van der Waals surface area contributed by atoms with Gasteiger partial charge in [-0.05, 0) is 49.8 Å². The van der Waals surface area contributed by atoms with Crippen molar-refractivity contribution in [3.05, 3.63) is 34.2 Å². The maximum Gasteiger partial charge on any atom is 0.326 e. The number of rotatable bonds is 2. The van der Waals surface area contributed by atoms with Crippen molar-refractivity contribution in [3.8, 4) is 0 Å². The van der Waals surface area contributed by atoms with Crippen molar-refractivity contribution in [2.45, 2.75) is 51.5 Å². The van der Waals surface area contributed by atoms with Gasteiger partial charge in [0.2, 0.25) is 0 Å². The van der Waals surface area contributed by atoms with Crippen LogP contribution in [0.5, 0.6) is 0 Å². The average Bonchev–Trinajstić information content (AvgIpc) is 3.19. The van der Waals surface area contributed by atoms with Gasteiger partial charge in [0.1, 0.15) is 0 Å². The van der Waals surface area contributed by atoms with Crippen LogP contribution in [0.2, 0.25) is 0 Å². The second kappa shape index (κ2) is 6.11. The molecule has 1 N–H and O–H groups in total. The Hall–Kier alpha value is -2.04. The summed E-state index contributed by atoms with van der Waals surface area (Å²) in [6.45, 7) is 3.86. The summed E-state index contributed by atoms with van der Waals surface area (Å²) in [4.78, 5) is 30.0. The van der Waals surface area contributed by atoms with E-state index in [1.54, 1.807) is 0 Å². The smallest absolute Gasteiger partial charge is 0.326 e. The van der Waals surface area contributed by atoms with Gasteiger partial charge >= 0.3 is 5.69 Å². The lowest BCUT2D eigenvalue weighted by atomic mass is 9.99. The summed E-state index contributed by atoms with van der Waals surface area (Å²) in [5, 5.41) is 0. The van der Waals surface area contributed by atoms with E-state index in [-0.39, 0.29) is 11.6 Å². The number of carbonyl (C=O) groups is 1. The number of amides is 1. The molecule has 2 aromatic rings. The molecule has 1 aliphatic carbocycles. The van der Waals surface area contributed by atoms with Gasteiger partial charge in [-0.15, -0.1) is 0 Å². The molecule has 1 aliphatic heterocycles. The molecule has 1 saturated heterocycles. The number of aromatic nitrogens is 2. The lowest BCUT2D eigenvalue weighted by Gasteiger charge is -2.31. The average molecular weight is 327 g/mol. The number of H-pyrrole nitrogens is 1. The fraction of sp³-hybridized carbons (Fsp3) is 0.579. The zero-order valence-corrected chi connectivity index (χ0v) is 14.3. The number of carbonyl (C=O) groups excluding carboxylic acids is 1. The first-order chi connectivity index (χ1) is 11.6. The van der Waals surface area contributed by atoms with Crippen LogP contribution in [0.3, 0.4) is 0 Å². The summed E-state index contributed by atoms with van der Waals surface area (Å²) in [6.07, 6.45) is 6.78. The van der Waals surface area contributed by atoms with Gasteiger partial charge in [-0.1, -0.05) is 19.8 Å². The Balaban J connectivity index is 1.66. The number of hydrogen-bond donors (Lipinski definition) is 1. The third-order valence-corrected chi connectivity index (χ3v) is 5.60. The lowest BCUT2D eigenvalue weighted by molar-refractivity contribution is 0.0683. The van der Waals surface area contributed by atoms with E-state index >= 15 is 0 Å². The minimum atomic E-state index is -0.0481. The Morgan fingerprint density at radius 2 is 1.96 bits per heavy atom. The fourth-order valence-corrected chi connectivity index (χ4v) is 4.35. The number of aromatic amines is 1. The van der Waals surface area contributed by atoms with Gasteiger partial charge in [0.25, 0.3) is 5.91 Å². The molecule has 2 fully saturated rings. The monoisotopic (exact) mass is 327 g/mol. The summed E-state index contributed by atoms with van der Waals surface area (Å²) in [7, 11) is 0. The van der Waals surface area contributed by atoms with Crippen LogP contribution in [-0.4, -0.2) is 33.4 Å². The van der Waals surface area contributed by atoms with Crippen LogP contribution in [0.25, 0.3) is 11.0 Å². The van der Waals surface area contributed by atoms with E-state index in [0.717, 1.165) is 43.4 Å². The molecule has 24 heavy (non-hydrogen) atoms. The number of hydrogen-bond acceptors (Lipinski definition) is 2.